The fraction of sp³-hybridized carbons (Fsp3) is 1.00. The van der Waals surface area contributed by atoms with E-state index in [0.717, 1.165) is 11.7 Å². The van der Waals surface area contributed by atoms with E-state index in [9.17, 15) is 0 Å². The Morgan fingerprint density at radius 1 is 1.13 bits per heavy atom. The SMILES string of the molecule is CB1OC(C)CC2C1C(C)(C)CC2(C)C. The van der Waals surface area contributed by atoms with E-state index in [-0.39, 0.29) is 0 Å². The molecule has 0 aromatic heterocycles. The Bertz CT molecular complexity index is 259. The van der Waals surface area contributed by atoms with Crippen molar-refractivity contribution in [2.75, 3.05) is 0 Å². The van der Waals surface area contributed by atoms with Crippen LogP contribution in [0, 0.1) is 16.7 Å². The molecule has 1 nitrogen and oxygen atoms in total. The van der Waals surface area contributed by atoms with Gasteiger partial charge in [0.15, 0.2) is 0 Å². The number of fused-ring (bicyclic) bond motifs is 1. The normalized spacial score (nSPS) is 42.8. The molecular weight excluding hydrogens is 183 g/mol. The maximum atomic E-state index is 6.03. The Morgan fingerprint density at radius 2 is 1.73 bits per heavy atom. The van der Waals surface area contributed by atoms with Crippen LogP contribution in [0.25, 0.3) is 0 Å². The van der Waals surface area contributed by atoms with Gasteiger partial charge >= 0.3 is 0 Å². The van der Waals surface area contributed by atoms with Crippen LogP contribution in [0.4, 0.5) is 0 Å². The third kappa shape index (κ3) is 1.75. The quantitative estimate of drug-likeness (QED) is 0.549. The van der Waals surface area contributed by atoms with Crippen LogP contribution in [0.5, 0.6) is 0 Å². The van der Waals surface area contributed by atoms with Crippen molar-refractivity contribution in [3.8, 4) is 0 Å². The van der Waals surface area contributed by atoms with Crippen molar-refractivity contribution in [1.82, 2.24) is 0 Å². The average molecular weight is 208 g/mol. The molecule has 0 aromatic carbocycles. The lowest BCUT2D eigenvalue weighted by atomic mass is 9.45. The van der Waals surface area contributed by atoms with Crippen LogP contribution in [0.15, 0.2) is 0 Å². The Hall–Kier alpha value is 0.0249. The van der Waals surface area contributed by atoms with Gasteiger partial charge < -0.3 is 4.65 Å². The van der Waals surface area contributed by atoms with Crippen molar-refractivity contribution in [2.45, 2.75) is 66.2 Å². The zero-order chi connectivity index (χ0) is 11.4. The molecular formula is C13H25BO. The molecule has 1 aliphatic carbocycles. The van der Waals surface area contributed by atoms with Crippen LogP contribution in [-0.4, -0.2) is 13.0 Å². The first-order chi connectivity index (χ1) is 6.74. The lowest BCUT2D eigenvalue weighted by Gasteiger charge is -2.42. The van der Waals surface area contributed by atoms with E-state index < -0.39 is 0 Å². The lowest BCUT2D eigenvalue weighted by Crippen LogP contribution is -2.42. The Kier molecular flexibility index (Phi) is 2.50. The van der Waals surface area contributed by atoms with Gasteiger partial charge in [-0.2, -0.15) is 0 Å². The summed E-state index contributed by atoms with van der Waals surface area (Å²) in [6.45, 7) is 14.7. The molecule has 1 saturated carbocycles. The molecule has 3 unspecified atom stereocenters. The Balaban J connectivity index is 2.31. The van der Waals surface area contributed by atoms with E-state index in [1.807, 2.05) is 0 Å². The van der Waals surface area contributed by atoms with Crippen molar-refractivity contribution in [3.05, 3.63) is 0 Å². The van der Waals surface area contributed by atoms with E-state index in [1.54, 1.807) is 0 Å². The van der Waals surface area contributed by atoms with E-state index in [0.29, 0.717) is 23.8 Å². The van der Waals surface area contributed by atoms with Crippen LogP contribution >= 0.6 is 0 Å². The summed E-state index contributed by atoms with van der Waals surface area (Å²) in [5.74, 6) is 1.61. The first-order valence-electron chi connectivity index (χ1n) is 6.39. The highest BCUT2D eigenvalue weighted by Gasteiger charge is 2.57. The summed E-state index contributed by atoms with van der Waals surface area (Å²) in [5, 5.41) is 0. The third-order valence-corrected chi connectivity index (χ3v) is 4.79. The molecule has 2 heteroatoms. The number of hydrogen-bond donors (Lipinski definition) is 0. The zero-order valence-corrected chi connectivity index (χ0v) is 11.1. The maximum Gasteiger partial charge on any atom is 0.294 e. The van der Waals surface area contributed by atoms with Gasteiger partial charge in [-0.15, -0.1) is 0 Å². The maximum absolute atomic E-state index is 6.03. The molecule has 0 aromatic rings. The Labute approximate surface area is 95.1 Å². The zero-order valence-electron chi connectivity index (χ0n) is 11.1. The molecule has 0 spiro atoms. The second kappa shape index (κ2) is 3.26. The second-order valence-electron chi connectivity index (χ2n) is 7.17. The first-order valence-corrected chi connectivity index (χ1v) is 6.39. The highest BCUT2D eigenvalue weighted by atomic mass is 16.4. The predicted octanol–water partition coefficient (Wildman–Crippen LogP) is 3.86. The molecule has 1 saturated heterocycles. The van der Waals surface area contributed by atoms with Gasteiger partial charge in [0.2, 0.25) is 0 Å². The summed E-state index contributed by atoms with van der Waals surface area (Å²) in [5.41, 5.74) is 0.953. The fourth-order valence-corrected chi connectivity index (χ4v) is 4.75. The van der Waals surface area contributed by atoms with E-state index >= 15 is 0 Å². The first kappa shape index (κ1) is 11.5. The van der Waals surface area contributed by atoms with Crippen LogP contribution in [-0.2, 0) is 4.65 Å². The number of hydrogen-bond acceptors (Lipinski definition) is 1. The minimum absolute atomic E-state index is 0.440. The van der Waals surface area contributed by atoms with Gasteiger partial charge in [0.1, 0.15) is 0 Å². The summed E-state index contributed by atoms with van der Waals surface area (Å²) < 4.78 is 6.03. The van der Waals surface area contributed by atoms with Crippen LogP contribution in [0.3, 0.4) is 0 Å². The van der Waals surface area contributed by atoms with E-state index in [1.165, 1.54) is 12.8 Å². The molecule has 0 radical (unpaired) electrons. The van der Waals surface area contributed by atoms with Crippen LogP contribution in [0.2, 0.25) is 12.6 Å². The van der Waals surface area contributed by atoms with E-state index in [2.05, 4.69) is 41.4 Å². The smallest absolute Gasteiger partial charge is 0.294 e. The minimum atomic E-state index is 0.440. The minimum Gasteiger partial charge on any atom is -0.434 e. The highest BCUT2D eigenvalue weighted by Crippen LogP contribution is 2.63. The summed E-state index contributed by atoms with van der Waals surface area (Å²) in [6, 6.07) is 0. The molecule has 1 heterocycles. The van der Waals surface area contributed by atoms with Crippen molar-refractivity contribution < 1.29 is 4.65 Å². The third-order valence-electron chi connectivity index (χ3n) is 4.79. The summed E-state index contributed by atoms with van der Waals surface area (Å²) in [6.07, 6.45) is 3.05. The summed E-state index contributed by atoms with van der Waals surface area (Å²) in [4.78, 5) is 0. The second-order valence-corrected chi connectivity index (χ2v) is 7.17. The number of rotatable bonds is 0. The van der Waals surface area contributed by atoms with Gasteiger partial charge in [-0.05, 0) is 42.3 Å². The van der Waals surface area contributed by atoms with Crippen LogP contribution in [0.1, 0.15) is 47.5 Å². The molecule has 3 atom stereocenters. The lowest BCUT2D eigenvalue weighted by molar-refractivity contribution is 0.103. The van der Waals surface area contributed by atoms with Crippen molar-refractivity contribution >= 4 is 6.92 Å². The molecule has 2 rings (SSSR count). The van der Waals surface area contributed by atoms with Gasteiger partial charge in [0, 0.05) is 6.10 Å². The molecule has 0 bridgehead atoms. The fourth-order valence-electron chi connectivity index (χ4n) is 4.75. The Morgan fingerprint density at radius 3 is 2.33 bits per heavy atom. The van der Waals surface area contributed by atoms with Crippen molar-refractivity contribution in [1.29, 1.82) is 0 Å². The molecule has 0 amide bonds. The van der Waals surface area contributed by atoms with Crippen molar-refractivity contribution in [2.24, 2.45) is 16.7 Å². The standard InChI is InChI=1S/C13H25BO/c1-9-7-10-11(14(6)15-9)13(4,5)8-12(10,2)3/h9-11H,7-8H2,1-6H3. The van der Waals surface area contributed by atoms with Crippen molar-refractivity contribution in [3.63, 3.8) is 0 Å². The van der Waals surface area contributed by atoms with E-state index in [4.69, 9.17) is 4.65 Å². The summed E-state index contributed by atoms with van der Waals surface area (Å²) in [7, 11) is 0. The van der Waals surface area contributed by atoms with Gasteiger partial charge in [-0.3, -0.25) is 0 Å². The molecule has 2 aliphatic rings. The molecule has 15 heavy (non-hydrogen) atoms. The molecule has 0 N–H and O–H groups in total. The molecule has 2 fully saturated rings. The predicted molar refractivity (Wildman–Crippen MR) is 66.2 cm³/mol. The molecule has 1 aliphatic heterocycles. The monoisotopic (exact) mass is 208 g/mol. The highest BCUT2D eigenvalue weighted by molar-refractivity contribution is 6.52. The summed E-state index contributed by atoms with van der Waals surface area (Å²) >= 11 is 0. The van der Waals surface area contributed by atoms with Gasteiger partial charge in [-0.25, -0.2) is 0 Å². The molecule has 86 valence electrons. The average Bonchev–Trinajstić information content (AvgIpc) is 2.15. The topological polar surface area (TPSA) is 9.23 Å². The van der Waals surface area contributed by atoms with Crippen LogP contribution < -0.4 is 0 Å². The van der Waals surface area contributed by atoms with Gasteiger partial charge in [0.25, 0.3) is 6.92 Å². The van der Waals surface area contributed by atoms with Gasteiger partial charge in [0.05, 0.1) is 0 Å². The largest absolute Gasteiger partial charge is 0.434 e. The van der Waals surface area contributed by atoms with Gasteiger partial charge in [-0.1, -0.05) is 34.5 Å².